The predicted molar refractivity (Wildman–Crippen MR) is 103 cm³/mol. The molecule has 3 heterocycles. The van der Waals surface area contributed by atoms with E-state index < -0.39 is 0 Å². The van der Waals surface area contributed by atoms with Crippen LogP contribution in [0.1, 0.15) is 49.1 Å². The predicted octanol–water partition coefficient (Wildman–Crippen LogP) is 2.32. The summed E-state index contributed by atoms with van der Waals surface area (Å²) in [5.41, 5.74) is 1.44. The second-order valence-electron chi connectivity index (χ2n) is 8.12. The molecule has 2 saturated heterocycles. The van der Waals surface area contributed by atoms with Crippen LogP contribution in [0.25, 0.3) is 0 Å². The standard InChI is InChI=1S/C21H28N4O3/c1-16-22-23-20(28-16)18-13-21(8-10-24(11-9-21)19(27)7-12-26)15-25(18)14-17-5-3-2-4-6-17/h2-6,18,26H,7-15H2,1H3. The summed E-state index contributed by atoms with van der Waals surface area (Å²) >= 11 is 0. The Morgan fingerprint density at radius 1 is 1.25 bits per heavy atom. The highest BCUT2D eigenvalue weighted by molar-refractivity contribution is 5.76. The number of carbonyl (C=O) groups excluding carboxylic acids is 1. The van der Waals surface area contributed by atoms with Crippen LogP contribution < -0.4 is 0 Å². The Bertz CT molecular complexity index is 799. The molecule has 2 fully saturated rings. The molecule has 1 amide bonds. The fourth-order valence-electron chi connectivity index (χ4n) is 4.67. The molecule has 1 N–H and O–H groups in total. The van der Waals surface area contributed by atoms with Crippen molar-refractivity contribution in [1.29, 1.82) is 0 Å². The molecule has 1 atom stereocenters. The third-order valence-electron chi connectivity index (χ3n) is 6.16. The van der Waals surface area contributed by atoms with Crippen LogP contribution >= 0.6 is 0 Å². The van der Waals surface area contributed by atoms with Crippen LogP contribution in [0.15, 0.2) is 34.7 Å². The van der Waals surface area contributed by atoms with Crippen molar-refractivity contribution >= 4 is 5.91 Å². The normalized spacial score (nSPS) is 22.1. The van der Waals surface area contributed by atoms with Gasteiger partial charge in [0, 0.05) is 39.5 Å². The summed E-state index contributed by atoms with van der Waals surface area (Å²) in [7, 11) is 0. The van der Waals surface area contributed by atoms with Gasteiger partial charge in [0.2, 0.25) is 17.7 Å². The molecular formula is C21H28N4O3. The zero-order valence-electron chi connectivity index (χ0n) is 16.4. The van der Waals surface area contributed by atoms with Crippen LogP contribution in [0.3, 0.4) is 0 Å². The quantitative estimate of drug-likeness (QED) is 0.852. The molecule has 2 aliphatic heterocycles. The van der Waals surface area contributed by atoms with Gasteiger partial charge in [0.1, 0.15) is 0 Å². The summed E-state index contributed by atoms with van der Waals surface area (Å²) in [6.45, 7) is 5.08. The Balaban J connectivity index is 1.50. The van der Waals surface area contributed by atoms with Gasteiger partial charge in [-0.1, -0.05) is 30.3 Å². The smallest absolute Gasteiger partial charge is 0.233 e. The van der Waals surface area contributed by atoms with Crippen molar-refractivity contribution < 1.29 is 14.3 Å². The molecule has 0 radical (unpaired) electrons. The third kappa shape index (κ3) is 3.95. The van der Waals surface area contributed by atoms with Gasteiger partial charge in [-0.05, 0) is 30.2 Å². The molecular weight excluding hydrogens is 356 g/mol. The first-order valence-corrected chi connectivity index (χ1v) is 10.1. The molecule has 150 valence electrons. The topological polar surface area (TPSA) is 82.7 Å². The molecule has 0 saturated carbocycles. The van der Waals surface area contributed by atoms with Gasteiger partial charge in [-0.2, -0.15) is 0 Å². The first-order chi connectivity index (χ1) is 13.6. The SMILES string of the molecule is Cc1nnc(C2CC3(CCN(C(=O)CCO)CC3)CN2Cc2ccccc2)o1. The number of carbonyl (C=O) groups is 1. The maximum Gasteiger partial charge on any atom is 0.233 e. The van der Waals surface area contributed by atoms with Gasteiger partial charge in [-0.3, -0.25) is 9.69 Å². The Hall–Kier alpha value is -2.25. The van der Waals surface area contributed by atoms with Crippen molar-refractivity contribution in [3.8, 4) is 0 Å². The number of benzene rings is 1. The number of likely N-dealkylation sites (tertiary alicyclic amines) is 2. The van der Waals surface area contributed by atoms with Gasteiger partial charge >= 0.3 is 0 Å². The zero-order valence-corrected chi connectivity index (χ0v) is 16.4. The molecule has 1 spiro atoms. The van der Waals surface area contributed by atoms with Gasteiger partial charge in [-0.15, -0.1) is 10.2 Å². The van der Waals surface area contributed by atoms with Crippen LogP contribution in [0.5, 0.6) is 0 Å². The molecule has 1 aromatic carbocycles. The molecule has 0 aliphatic carbocycles. The van der Waals surface area contributed by atoms with E-state index in [0.717, 1.165) is 45.4 Å². The van der Waals surface area contributed by atoms with E-state index in [1.807, 2.05) is 17.9 Å². The van der Waals surface area contributed by atoms with Crippen molar-refractivity contribution in [2.45, 2.75) is 45.2 Å². The summed E-state index contributed by atoms with van der Waals surface area (Å²) < 4.78 is 5.80. The van der Waals surface area contributed by atoms with E-state index in [1.165, 1.54) is 5.56 Å². The van der Waals surface area contributed by atoms with E-state index in [9.17, 15) is 4.79 Å². The highest BCUT2D eigenvalue weighted by Gasteiger charge is 2.48. The summed E-state index contributed by atoms with van der Waals surface area (Å²) in [6, 6.07) is 10.6. The molecule has 2 aliphatic rings. The Morgan fingerprint density at radius 2 is 2.00 bits per heavy atom. The van der Waals surface area contributed by atoms with Crippen LogP contribution in [-0.2, 0) is 11.3 Å². The maximum absolute atomic E-state index is 12.1. The van der Waals surface area contributed by atoms with E-state index in [0.29, 0.717) is 11.8 Å². The molecule has 7 nitrogen and oxygen atoms in total. The third-order valence-corrected chi connectivity index (χ3v) is 6.16. The lowest BCUT2D eigenvalue weighted by molar-refractivity contribution is -0.134. The Kier molecular flexibility index (Phi) is 5.46. The second kappa shape index (κ2) is 8.01. The molecule has 28 heavy (non-hydrogen) atoms. The summed E-state index contributed by atoms with van der Waals surface area (Å²) in [5.74, 6) is 1.35. The van der Waals surface area contributed by atoms with Gasteiger partial charge in [-0.25, -0.2) is 0 Å². The minimum atomic E-state index is -0.0794. The number of hydrogen-bond donors (Lipinski definition) is 1. The largest absolute Gasteiger partial charge is 0.424 e. The Labute approximate surface area is 165 Å². The number of aromatic nitrogens is 2. The summed E-state index contributed by atoms with van der Waals surface area (Å²) in [4.78, 5) is 16.5. The molecule has 1 aromatic heterocycles. The van der Waals surface area contributed by atoms with Gasteiger partial charge in [0.15, 0.2) is 0 Å². The van der Waals surface area contributed by atoms with E-state index >= 15 is 0 Å². The molecule has 2 aromatic rings. The van der Waals surface area contributed by atoms with E-state index in [-0.39, 0.29) is 30.4 Å². The highest BCUT2D eigenvalue weighted by atomic mass is 16.4. The van der Waals surface area contributed by atoms with Crippen LogP contribution in [0.4, 0.5) is 0 Å². The average molecular weight is 384 g/mol. The lowest BCUT2D eigenvalue weighted by Gasteiger charge is -2.39. The molecule has 7 heteroatoms. The van der Waals surface area contributed by atoms with E-state index in [4.69, 9.17) is 9.52 Å². The Morgan fingerprint density at radius 3 is 2.64 bits per heavy atom. The fraction of sp³-hybridized carbons (Fsp3) is 0.571. The molecule has 4 rings (SSSR count). The lowest BCUT2D eigenvalue weighted by Crippen LogP contribution is -2.44. The first-order valence-electron chi connectivity index (χ1n) is 10.1. The number of amides is 1. The molecule has 0 bridgehead atoms. The van der Waals surface area contributed by atoms with Gasteiger partial charge in [0.25, 0.3) is 0 Å². The van der Waals surface area contributed by atoms with Crippen molar-refractivity contribution in [3.63, 3.8) is 0 Å². The minimum absolute atomic E-state index is 0.0561. The molecule has 1 unspecified atom stereocenters. The average Bonchev–Trinajstić information content (AvgIpc) is 3.27. The number of aryl methyl sites for hydroxylation is 1. The van der Waals surface area contributed by atoms with Crippen LogP contribution in [0, 0.1) is 12.3 Å². The zero-order chi connectivity index (χ0) is 19.6. The van der Waals surface area contributed by atoms with Crippen molar-refractivity contribution in [3.05, 3.63) is 47.7 Å². The monoisotopic (exact) mass is 384 g/mol. The number of nitrogens with zero attached hydrogens (tertiary/aromatic N) is 4. The highest BCUT2D eigenvalue weighted by Crippen LogP contribution is 2.49. The van der Waals surface area contributed by atoms with E-state index in [1.54, 1.807) is 0 Å². The number of hydrogen-bond acceptors (Lipinski definition) is 6. The van der Waals surface area contributed by atoms with Crippen molar-refractivity contribution in [2.75, 3.05) is 26.2 Å². The number of aliphatic hydroxyl groups excluding tert-OH is 1. The first kappa shape index (κ1) is 19.1. The second-order valence-corrected chi connectivity index (χ2v) is 8.12. The number of aliphatic hydroxyl groups is 1. The fourth-order valence-corrected chi connectivity index (χ4v) is 4.67. The number of rotatable bonds is 5. The minimum Gasteiger partial charge on any atom is -0.424 e. The lowest BCUT2D eigenvalue weighted by atomic mass is 9.76. The van der Waals surface area contributed by atoms with Gasteiger partial charge in [0.05, 0.1) is 12.6 Å². The van der Waals surface area contributed by atoms with Gasteiger partial charge < -0.3 is 14.4 Å². The maximum atomic E-state index is 12.1. The van der Waals surface area contributed by atoms with E-state index in [2.05, 4.69) is 39.4 Å². The summed E-state index contributed by atoms with van der Waals surface area (Å²) in [6.07, 6.45) is 3.14. The summed E-state index contributed by atoms with van der Waals surface area (Å²) in [5, 5.41) is 17.4. The van der Waals surface area contributed by atoms with Crippen molar-refractivity contribution in [1.82, 2.24) is 20.0 Å². The van der Waals surface area contributed by atoms with Crippen molar-refractivity contribution in [2.24, 2.45) is 5.41 Å². The number of piperidine rings is 1. The van der Waals surface area contributed by atoms with Crippen LogP contribution in [-0.4, -0.2) is 57.3 Å². The van der Waals surface area contributed by atoms with Crippen LogP contribution in [0.2, 0.25) is 0 Å².